The highest BCUT2D eigenvalue weighted by Gasteiger charge is 2.48. The van der Waals surface area contributed by atoms with Crippen LogP contribution in [0.4, 0.5) is 17.6 Å². The molecular formula is C25H26F4N6O. The summed E-state index contributed by atoms with van der Waals surface area (Å²) in [5, 5.41) is 18.6. The first-order valence-corrected chi connectivity index (χ1v) is 11.5. The van der Waals surface area contributed by atoms with E-state index in [-0.39, 0.29) is 41.2 Å². The van der Waals surface area contributed by atoms with E-state index >= 15 is 4.39 Å². The second-order valence-corrected chi connectivity index (χ2v) is 10.3. The Morgan fingerprint density at radius 1 is 1.08 bits per heavy atom. The summed E-state index contributed by atoms with van der Waals surface area (Å²) in [5.41, 5.74) is 7.02. The molecule has 7 nitrogen and oxygen atoms in total. The minimum Gasteiger partial charge on any atom is -0.390 e. The number of pyridine rings is 2. The lowest BCUT2D eigenvalue weighted by Gasteiger charge is -2.29. The highest BCUT2D eigenvalue weighted by atomic mass is 19.4. The lowest BCUT2D eigenvalue weighted by molar-refractivity contribution is -0.184. The number of rotatable bonds is 3. The van der Waals surface area contributed by atoms with Gasteiger partial charge in [0.1, 0.15) is 11.7 Å². The summed E-state index contributed by atoms with van der Waals surface area (Å²) in [7, 11) is 0. The third-order valence-corrected chi connectivity index (χ3v) is 6.60. The summed E-state index contributed by atoms with van der Waals surface area (Å²) in [5.74, 6) is -0.664. The first-order valence-electron chi connectivity index (χ1n) is 11.5. The molecule has 1 aliphatic heterocycles. The average molecular weight is 503 g/mol. The third-order valence-electron chi connectivity index (χ3n) is 6.60. The van der Waals surface area contributed by atoms with Gasteiger partial charge in [-0.25, -0.2) is 9.37 Å². The fourth-order valence-electron chi connectivity index (χ4n) is 4.83. The molecule has 1 aromatic carbocycles. The van der Waals surface area contributed by atoms with E-state index in [1.165, 1.54) is 28.8 Å². The summed E-state index contributed by atoms with van der Waals surface area (Å²) in [6.07, 6.45) is -4.45. The van der Waals surface area contributed by atoms with Crippen molar-refractivity contribution in [2.75, 3.05) is 13.1 Å². The second kappa shape index (κ2) is 8.46. The number of alkyl halides is 3. The molecule has 5 rings (SSSR count). The number of likely N-dealkylation sites (tertiary alicyclic amines) is 1. The summed E-state index contributed by atoms with van der Waals surface area (Å²) in [4.78, 5) is 5.68. The number of halogens is 4. The Morgan fingerprint density at radius 3 is 2.47 bits per heavy atom. The zero-order valence-corrected chi connectivity index (χ0v) is 20.0. The van der Waals surface area contributed by atoms with Crippen LogP contribution in [0, 0.1) is 5.82 Å². The Kier molecular flexibility index (Phi) is 5.77. The van der Waals surface area contributed by atoms with Crippen molar-refractivity contribution >= 4 is 16.6 Å². The normalized spacial score (nSPS) is 20.5. The number of aromatic nitrogens is 4. The van der Waals surface area contributed by atoms with Gasteiger partial charge in [0.2, 0.25) is 0 Å². The molecule has 3 aromatic heterocycles. The number of aliphatic hydroxyl groups is 1. The zero-order valence-electron chi connectivity index (χ0n) is 20.0. The standard InChI is InChI=1S/C25H26F4N6O/c1-24(2,3)15-6-4-5-13-9-16(26)21(31-20(13)15)23-33-32-19-8-7-14(10-35(19)23)22(25(27,28)29)34-11-17(30)18(36)12-34/h4-10,17-18,22,36H,11-12,30H2,1-3H3/t17-,18-,22-/m1/s1. The predicted octanol–water partition coefficient (Wildman–Crippen LogP) is 3.99. The van der Waals surface area contributed by atoms with Gasteiger partial charge in [-0.3, -0.25) is 9.30 Å². The molecule has 0 bridgehead atoms. The van der Waals surface area contributed by atoms with Crippen molar-refractivity contribution in [3.05, 3.63) is 59.5 Å². The van der Waals surface area contributed by atoms with Gasteiger partial charge in [0.05, 0.1) is 11.6 Å². The number of nitrogens with zero attached hydrogens (tertiary/aromatic N) is 5. The molecule has 1 saturated heterocycles. The Labute approximate surface area is 204 Å². The molecule has 0 spiro atoms. The number of hydrogen-bond donors (Lipinski definition) is 2. The largest absolute Gasteiger partial charge is 0.408 e. The topological polar surface area (TPSA) is 92.6 Å². The maximum absolute atomic E-state index is 15.2. The van der Waals surface area contributed by atoms with E-state index in [4.69, 9.17) is 5.73 Å². The monoisotopic (exact) mass is 502 g/mol. The molecular weight excluding hydrogens is 476 g/mol. The predicted molar refractivity (Wildman–Crippen MR) is 127 cm³/mol. The van der Waals surface area contributed by atoms with E-state index in [1.54, 1.807) is 6.07 Å². The van der Waals surface area contributed by atoms with Crippen molar-refractivity contribution in [1.82, 2.24) is 24.5 Å². The molecule has 4 heterocycles. The number of para-hydroxylation sites is 1. The molecule has 190 valence electrons. The van der Waals surface area contributed by atoms with Crippen LogP contribution in [0.1, 0.15) is 37.9 Å². The fourth-order valence-corrected chi connectivity index (χ4v) is 4.83. The van der Waals surface area contributed by atoms with Crippen LogP contribution >= 0.6 is 0 Å². The van der Waals surface area contributed by atoms with Gasteiger partial charge in [-0.2, -0.15) is 13.2 Å². The van der Waals surface area contributed by atoms with E-state index in [1.807, 2.05) is 32.9 Å². The van der Waals surface area contributed by atoms with Gasteiger partial charge in [0.25, 0.3) is 0 Å². The molecule has 4 aromatic rings. The summed E-state index contributed by atoms with van der Waals surface area (Å²) < 4.78 is 59.1. The van der Waals surface area contributed by atoms with Gasteiger partial charge in [-0.15, -0.1) is 10.2 Å². The van der Waals surface area contributed by atoms with Crippen molar-refractivity contribution in [2.24, 2.45) is 5.73 Å². The van der Waals surface area contributed by atoms with E-state index in [0.29, 0.717) is 10.9 Å². The number of hydrogen-bond acceptors (Lipinski definition) is 6. The second-order valence-electron chi connectivity index (χ2n) is 10.3. The molecule has 36 heavy (non-hydrogen) atoms. The van der Waals surface area contributed by atoms with Crippen LogP contribution in [-0.4, -0.2) is 61.0 Å². The minimum atomic E-state index is -4.64. The summed E-state index contributed by atoms with van der Waals surface area (Å²) in [6, 6.07) is 6.78. The van der Waals surface area contributed by atoms with Gasteiger partial charge in [0, 0.05) is 30.7 Å². The highest BCUT2D eigenvalue weighted by Crippen LogP contribution is 2.40. The summed E-state index contributed by atoms with van der Waals surface area (Å²) in [6.45, 7) is 5.72. The lowest BCUT2D eigenvalue weighted by atomic mass is 9.85. The maximum atomic E-state index is 15.2. The number of aliphatic hydroxyl groups excluding tert-OH is 1. The first-order chi connectivity index (χ1) is 16.8. The van der Waals surface area contributed by atoms with E-state index in [9.17, 15) is 18.3 Å². The molecule has 11 heteroatoms. The maximum Gasteiger partial charge on any atom is 0.408 e. The van der Waals surface area contributed by atoms with Crippen LogP contribution in [0.2, 0.25) is 0 Å². The SMILES string of the molecule is CC(C)(C)c1cccc2cc(F)c(-c3nnc4ccc([C@@H](N5C[C@@H](N)[C@H](O)C5)C(F)(F)F)cn34)nc12. The minimum absolute atomic E-state index is 0.00551. The average Bonchev–Trinajstić information content (AvgIpc) is 3.33. The number of nitrogens with two attached hydrogens (primary N) is 1. The molecule has 3 N–H and O–H groups in total. The van der Waals surface area contributed by atoms with Gasteiger partial charge < -0.3 is 10.8 Å². The van der Waals surface area contributed by atoms with Crippen LogP contribution in [0.5, 0.6) is 0 Å². The molecule has 1 aliphatic rings. The third kappa shape index (κ3) is 4.21. The van der Waals surface area contributed by atoms with Crippen molar-refractivity contribution in [3.63, 3.8) is 0 Å². The van der Waals surface area contributed by atoms with Crippen LogP contribution in [-0.2, 0) is 5.41 Å². The Morgan fingerprint density at radius 2 is 1.83 bits per heavy atom. The van der Waals surface area contributed by atoms with E-state index in [2.05, 4.69) is 15.2 Å². The van der Waals surface area contributed by atoms with Crippen molar-refractivity contribution < 1.29 is 22.7 Å². The van der Waals surface area contributed by atoms with Crippen LogP contribution in [0.25, 0.3) is 28.1 Å². The van der Waals surface area contributed by atoms with Crippen LogP contribution < -0.4 is 5.73 Å². The molecule has 0 saturated carbocycles. The molecule has 3 atom stereocenters. The molecule has 0 amide bonds. The zero-order chi connectivity index (χ0) is 26.0. The molecule has 0 aliphatic carbocycles. The Bertz CT molecular complexity index is 1430. The van der Waals surface area contributed by atoms with Gasteiger partial charge >= 0.3 is 6.18 Å². The number of benzene rings is 1. The molecule has 1 fully saturated rings. The van der Waals surface area contributed by atoms with Crippen molar-refractivity contribution in [2.45, 2.75) is 50.6 Å². The Hall–Kier alpha value is -3.15. The van der Waals surface area contributed by atoms with Gasteiger partial charge in [0.15, 0.2) is 17.3 Å². The number of β-amino-alcohol motifs (C(OH)–C–C–N with tert-alkyl or cyclic N) is 1. The quantitative estimate of drug-likeness (QED) is 0.412. The Balaban J connectivity index is 1.66. The fraction of sp³-hybridized carbons (Fsp3) is 0.400. The highest BCUT2D eigenvalue weighted by molar-refractivity contribution is 5.85. The van der Waals surface area contributed by atoms with Crippen LogP contribution in [0.3, 0.4) is 0 Å². The van der Waals surface area contributed by atoms with Crippen molar-refractivity contribution in [3.8, 4) is 11.5 Å². The van der Waals surface area contributed by atoms with Gasteiger partial charge in [-0.05, 0) is 28.7 Å². The van der Waals surface area contributed by atoms with E-state index < -0.39 is 30.2 Å². The summed E-state index contributed by atoms with van der Waals surface area (Å²) >= 11 is 0. The number of fused-ring (bicyclic) bond motifs is 2. The van der Waals surface area contributed by atoms with Crippen molar-refractivity contribution in [1.29, 1.82) is 0 Å². The van der Waals surface area contributed by atoms with Crippen LogP contribution in [0.15, 0.2) is 42.6 Å². The smallest absolute Gasteiger partial charge is 0.390 e. The van der Waals surface area contributed by atoms with E-state index in [0.717, 1.165) is 10.5 Å². The molecule has 0 unspecified atom stereocenters. The molecule has 0 radical (unpaired) electrons. The van der Waals surface area contributed by atoms with Gasteiger partial charge in [-0.1, -0.05) is 45.0 Å². The first kappa shape index (κ1) is 24.5. The lowest BCUT2D eigenvalue weighted by Crippen LogP contribution is -2.38.